The Bertz CT molecular complexity index is 406. The number of rotatable bonds is 16. The Balaban J connectivity index is 3.64. The molecule has 0 fully saturated rings. The first-order valence-corrected chi connectivity index (χ1v) is 10.7. The monoisotopic (exact) mass is 344 g/mol. The fraction of sp³-hybridized carbons (Fsp3) is 0.680. The third-order valence-electron chi connectivity index (χ3n) is 4.93. The van der Waals surface area contributed by atoms with Crippen LogP contribution < -0.4 is 0 Å². The van der Waals surface area contributed by atoms with Gasteiger partial charge in [-0.2, -0.15) is 0 Å². The Kier molecular flexibility index (Phi) is 17.0. The molecule has 0 heterocycles. The van der Waals surface area contributed by atoms with Crippen LogP contribution in [0.15, 0.2) is 47.6 Å². The molecule has 144 valence electrons. The fourth-order valence-electron chi connectivity index (χ4n) is 2.99. The van der Waals surface area contributed by atoms with Crippen molar-refractivity contribution in [1.82, 2.24) is 0 Å². The van der Waals surface area contributed by atoms with Crippen molar-refractivity contribution in [3.63, 3.8) is 0 Å². The number of allylic oxidation sites excluding steroid dienone is 7. The van der Waals surface area contributed by atoms with Crippen molar-refractivity contribution in [2.45, 2.75) is 111 Å². The highest BCUT2D eigenvalue weighted by Crippen LogP contribution is 2.15. The molecular weight excluding hydrogens is 300 g/mol. The van der Waals surface area contributed by atoms with Gasteiger partial charge in [0.1, 0.15) is 0 Å². The van der Waals surface area contributed by atoms with Gasteiger partial charge in [0.2, 0.25) is 0 Å². The summed E-state index contributed by atoms with van der Waals surface area (Å²) in [5.74, 6) is 0. The minimum atomic E-state index is 1.03. The zero-order valence-corrected chi connectivity index (χ0v) is 17.7. The lowest BCUT2D eigenvalue weighted by atomic mass is 10.0. The minimum Gasteiger partial charge on any atom is -0.0988 e. The summed E-state index contributed by atoms with van der Waals surface area (Å²) < 4.78 is 0. The molecule has 0 bridgehead atoms. The van der Waals surface area contributed by atoms with Crippen molar-refractivity contribution in [3.8, 4) is 0 Å². The summed E-state index contributed by atoms with van der Waals surface area (Å²) in [5.41, 5.74) is 4.35. The standard InChI is InChI=1S/C25H44/c1-6-8-9-10-11-12-13-14-15-18-24(4)21-17-22-25(5)20-16-19-23(3)7-2/h7,19-21H,2,6,8-18,22H2,1,3-5H3. The van der Waals surface area contributed by atoms with Crippen LogP contribution in [0, 0.1) is 0 Å². The predicted molar refractivity (Wildman–Crippen MR) is 117 cm³/mol. The predicted octanol–water partition coefficient (Wildman–Crippen LogP) is 9.10. The quantitative estimate of drug-likeness (QED) is 0.149. The van der Waals surface area contributed by atoms with Crippen molar-refractivity contribution < 1.29 is 0 Å². The fourth-order valence-corrected chi connectivity index (χ4v) is 2.99. The molecule has 0 radical (unpaired) electrons. The molecule has 0 aliphatic rings. The van der Waals surface area contributed by atoms with Crippen LogP contribution in [-0.2, 0) is 0 Å². The molecule has 0 aliphatic heterocycles. The highest BCUT2D eigenvalue weighted by atomic mass is 14.0. The topological polar surface area (TPSA) is 0 Å². The van der Waals surface area contributed by atoms with Gasteiger partial charge in [-0.3, -0.25) is 0 Å². The van der Waals surface area contributed by atoms with Crippen molar-refractivity contribution in [2.24, 2.45) is 0 Å². The summed E-state index contributed by atoms with van der Waals surface area (Å²) in [6, 6.07) is 0. The van der Waals surface area contributed by atoms with E-state index in [-0.39, 0.29) is 0 Å². The molecule has 0 heteroatoms. The molecule has 0 aromatic rings. The Morgan fingerprint density at radius 1 is 0.680 bits per heavy atom. The van der Waals surface area contributed by atoms with Gasteiger partial charge in [-0.05, 0) is 52.9 Å². The molecule has 0 unspecified atom stereocenters. The molecule has 0 spiro atoms. The zero-order valence-electron chi connectivity index (χ0n) is 17.7. The van der Waals surface area contributed by atoms with Gasteiger partial charge in [0.25, 0.3) is 0 Å². The SMILES string of the molecule is C=CC(C)=CCC=C(C)CCC=C(C)CCCCCCCCCCC. The van der Waals surface area contributed by atoms with Crippen LogP contribution in [0.1, 0.15) is 111 Å². The van der Waals surface area contributed by atoms with Gasteiger partial charge >= 0.3 is 0 Å². The maximum Gasteiger partial charge on any atom is -0.0161 e. The Morgan fingerprint density at radius 3 is 1.84 bits per heavy atom. The van der Waals surface area contributed by atoms with Crippen LogP contribution in [0.3, 0.4) is 0 Å². The minimum absolute atomic E-state index is 1.03. The van der Waals surface area contributed by atoms with E-state index in [0.717, 1.165) is 6.42 Å². The van der Waals surface area contributed by atoms with Crippen molar-refractivity contribution in [3.05, 3.63) is 47.6 Å². The molecule has 0 N–H and O–H groups in total. The molecule has 0 saturated heterocycles. The summed E-state index contributed by atoms with van der Waals surface area (Å²) in [5, 5.41) is 0. The van der Waals surface area contributed by atoms with Gasteiger partial charge in [0.15, 0.2) is 0 Å². The van der Waals surface area contributed by atoms with Gasteiger partial charge in [0.05, 0.1) is 0 Å². The number of unbranched alkanes of at least 4 members (excludes halogenated alkanes) is 8. The van der Waals surface area contributed by atoms with E-state index in [0.29, 0.717) is 0 Å². The molecular formula is C25H44. The maximum absolute atomic E-state index is 3.79. The van der Waals surface area contributed by atoms with E-state index >= 15 is 0 Å². The second-order valence-electron chi connectivity index (χ2n) is 7.61. The molecule has 0 aliphatic carbocycles. The van der Waals surface area contributed by atoms with Crippen molar-refractivity contribution in [1.29, 1.82) is 0 Å². The van der Waals surface area contributed by atoms with E-state index in [4.69, 9.17) is 0 Å². The molecule has 0 saturated carbocycles. The van der Waals surface area contributed by atoms with Crippen LogP contribution in [0.4, 0.5) is 0 Å². The molecule has 0 nitrogen and oxygen atoms in total. The molecule has 0 aromatic carbocycles. The number of hydrogen-bond acceptors (Lipinski definition) is 0. The van der Waals surface area contributed by atoms with Gasteiger partial charge in [-0.25, -0.2) is 0 Å². The first-order valence-electron chi connectivity index (χ1n) is 10.7. The summed E-state index contributed by atoms with van der Waals surface area (Å²) in [4.78, 5) is 0. The van der Waals surface area contributed by atoms with E-state index in [1.54, 1.807) is 5.57 Å². The Labute approximate surface area is 159 Å². The number of hydrogen-bond donors (Lipinski definition) is 0. The van der Waals surface area contributed by atoms with Gasteiger partial charge in [-0.15, -0.1) is 0 Å². The second kappa shape index (κ2) is 17.8. The smallest absolute Gasteiger partial charge is 0.0161 e. The summed E-state index contributed by atoms with van der Waals surface area (Å²) in [7, 11) is 0. The molecule has 0 aromatic heterocycles. The Morgan fingerprint density at radius 2 is 1.24 bits per heavy atom. The van der Waals surface area contributed by atoms with Crippen molar-refractivity contribution in [2.75, 3.05) is 0 Å². The normalized spacial score (nSPS) is 13.4. The summed E-state index contributed by atoms with van der Waals surface area (Å²) in [6.07, 6.45) is 26.4. The third-order valence-corrected chi connectivity index (χ3v) is 4.93. The van der Waals surface area contributed by atoms with Crippen LogP contribution in [-0.4, -0.2) is 0 Å². The summed E-state index contributed by atoms with van der Waals surface area (Å²) >= 11 is 0. The average Bonchev–Trinajstić information content (AvgIpc) is 2.60. The average molecular weight is 345 g/mol. The van der Waals surface area contributed by atoms with E-state index in [1.165, 1.54) is 88.2 Å². The lowest BCUT2D eigenvalue weighted by molar-refractivity contribution is 0.564. The maximum atomic E-state index is 3.79. The molecule has 25 heavy (non-hydrogen) atoms. The first kappa shape index (κ1) is 24.0. The van der Waals surface area contributed by atoms with Crippen LogP contribution in [0.25, 0.3) is 0 Å². The lowest BCUT2D eigenvalue weighted by Gasteiger charge is -2.04. The molecule has 0 rings (SSSR count). The van der Waals surface area contributed by atoms with E-state index in [9.17, 15) is 0 Å². The third kappa shape index (κ3) is 17.6. The molecule has 0 amide bonds. The van der Waals surface area contributed by atoms with Crippen LogP contribution >= 0.6 is 0 Å². The van der Waals surface area contributed by atoms with E-state index in [1.807, 2.05) is 6.08 Å². The van der Waals surface area contributed by atoms with Crippen molar-refractivity contribution >= 4 is 0 Å². The molecule has 0 atom stereocenters. The highest BCUT2D eigenvalue weighted by molar-refractivity contribution is 5.15. The largest absolute Gasteiger partial charge is 0.0988 e. The van der Waals surface area contributed by atoms with Gasteiger partial charge < -0.3 is 0 Å². The van der Waals surface area contributed by atoms with Gasteiger partial charge in [-0.1, -0.05) is 106 Å². The Hall–Kier alpha value is -1.04. The van der Waals surface area contributed by atoms with E-state index in [2.05, 4.69) is 52.5 Å². The van der Waals surface area contributed by atoms with Crippen LogP contribution in [0.5, 0.6) is 0 Å². The lowest BCUT2D eigenvalue weighted by Crippen LogP contribution is -1.84. The zero-order chi connectivity index (χ0) is 18.8. The van der Waals surface area contributed by atoms with E-state index < -0.39 is 0 Å². The summed E-state index contributed by atoms with van der Waals surface area (Å²) in [6.45, 7) is 12.7. The second-order valence-corrected chi connectivity index (χ2v) is 7.61. The first-order chi connectivity index (χ1) is 12.1. The van der Waals surface area contributed by atoms with Gasteiger partial charge in [0, 0.05) is 0 Å². The van der Waals surface area contributed by atoms with Crippen LogP contribution in [0.2, 0.25) is 0 Å². The highest BCUT2D eigenvalue weighted by Gasteiger charge is 1.95.